The molecule has 0 saturated carbocycles. The predicted octanol–water partition coefficient (Wildman–Crippen LogP) is 4.86. The van der Waals surface area contributed by atoms with Crippen LogP contribution in [-0.2, 0) is 11.2 Å². The van der Waals surface area contributed by atoms with E-state index >= 15 is 0 Å². The molecule has 0 aromatic heterocycles. The standard InChI is InChI=1S/C23H29NO4/c1-6-26-22-11-17-10-16(5)28-20(17)12-19(22)24-23(25)13-27-21-9-15(4)7-8-18(21)14(2)3/h7-9,11-12,14,16H,6,10,13H2,1-5H3,(H,24,25)/t16-/m1/s1. The summed E-state index contributed by atoms with van der Waals surface area (Å²) in [7, 11) is 0. The number of nitrogens with one attached hydrogen (secondary N) is 1. The van der Waals surface area contributed by atoms with Crippen molar-refractivity contribution < 1.29 is 19.0 Å². The van der Waals surface area contributed by atoms with Gasteiger partial charge in [-0.15, -0.1) is 0 Å². The largest absolute Gasteiger partial charge is 0.492 e. The molecular weight excluding hydrogens is 354 g/mol. The molecular formula is C23H29NO4. The molecule has 0 saturated heterocycles. The molecule has 0 unspecified atom stereocenters. The molecule has 1 aliphatic rings. The summed E-state index contributed by atoms with van der Waals surface area (Å²) in [6, 6.07) is 9.88. The Hall–Kier alpha value is -2.69. The quantitative estimate of drug-likeness (QED) is 0.742. The van der Waals surface area contributed by atoms with Gasteiger partial charge < -0.3 is 19.5 Å². The summed E-state index contributed by atoms with van der Waals surface area (Å²) in [6.45, 7) is 10.6. The summed E-state index contributed by atoms with van der Waals surface area (Å²) in [4.78, 5) is 12.5. The van der Waals surface area contributed by atoms with E-state index in [1.165, 1.54) is 0 Å². The van der Waals surface area contributed by atoms with Gasteiger partial charge in [0, 0.05) is 18.1 Å². The van der Waals surface area contributed by atoms with Crippen LogP contribution in [-0.4, -0.2) is 25.2 Å². The molecule has 1 N–H and O–H groups in total. The molecule has 1 aliphatic heterocycles. The minimum Gasteiger partial charge on any atom is -0.492 e. The fourth-order valence-electron chi connectivity index (χ4n) is 3.39. The normalized spacial score (nSPS) is 15.1. The van der Waals surface area contributed by atoms with Gasteiger partial charge in [0.2, 0.25) is 0 Å². The van der Waals surface area contributed by atoms with Crippen LogP contribution in [0, 0.1) is 6.92 Å². The van der Waals surface area contributed by atoms with Crippen molar-refractivity contribution in [2.45, 2.75) is 53.1 Å². The molecule has 5 heteroatoms. The number of carbonyl (C=O) groups excluding carboxylic acids is 1. The van der Waals surface area contributed by atoms with E-state index in [2.05, 4.69) is 31.3 Å². The number of hydrogen-bond acceptors (Lipinski definition) is 4. The van der Waals surface area contributed by atoms with Gasteiger partial charge in [-0.25, -0.2) is 0 Å². The second kappa shape index (κ2) is 8.55. The summed E-state index contributed by atoms with van der Waals surface area (Å²) in [5.41, 5.74) is 3.90. The Morgan fingerprint density at radius 2 is 2.00 bits per heavy atom. The van der Waals surface area contributed by atoms with E-state index in [9.17, 15) is 4.79 Å². The van der Waals surface area contributed by atoms with Crippen LogP contribution in [0.5, 0.6) is 17.2 Å². The van der Waals surface area contributed by atoms with E-state index in [1.54, 1.807) is 0 Å². The van der Waals surface area contributed by atoms with Gasteiger partial charge in [-0.1, -0.05) is 26.0 Å². The molecule has 0 radical (unpaired) electrons. The Bertz CT molecular complexity index is 860. The lowest BCUT2D eigenvalue weighted by Gasteiger charge is -2.16. The van der Waals surface area contributed by atoms with Gasteiger partial charge in [0.1, 0.15) is 23.4 Å². The molecule has 0 aliphatic carbocycles. The molecule has 28 heavy (non-hydrogen) atoms. The summed E-state index contributed by atoms with van der Waals surface area (Å²) in [6.07, 6.45) is 0.979. The summed E-state index contributed by atoms with van der Waals surface area (Å²) in [5, 5.41) is 2.90. The smallest absolute Gasteiger partial charge is 0.262 e. The topological polar surface area (TPSA) is 56.8 Å². The SMILES string of the molecule is CCOc1cc2c(cc1NC(=O)COc1cc(C)ccc1C(C)C)O[C@H](C)C2. The molecule has 3 rings (SSSR count). The van der Waals surface area contributed by atoms with E-state index < -0.39 is 0 Å². The highest BCUT2D eigenvalue weighted by Crippen LogP contribution is 2.38. The van der Waals surface area contributed by atoms with Crippen molar-refractivity contribution in [2.75, 3.05) is 18.5 Å². The maximum absolute atomic E-state index is 12.5. The molecule has 1 amide bonds. The first kappa shape index (κ1) is 20.1. The van der Waals surface area contributed by atoms with Gasteiger partial charge in [-0.2, -0.15) is 0 Å². The number of aryl methyl sites for hydroxylation is 1. The fourth-order valence-corrected chi connectivity index (χ4v) is 3.39. The van der Waals surface area contributed by atoms with Crippen molar-refractivity contribution in [3.8, 4) is 17.2 Å². The lowest BCUT2D eigenvalue weighted by molar-refractivity contribution is -0.118. The highest BCUT2D eigenvalue weighted by atomic mass is 16.5. The molecule has 1 atom stereocenters. The van der Waals surface area contributed by atoms with Crippen LogP contribution >= 0.6 is 0 Å². The first-order valence-electron chi connectivity index (χ1n) is 9.87. The zero-order chi connectivity index (χ0) is 20.3. The third-order valence-electron chi connectivity index (χ3n) is 4.72. The highest BCUT2D eigenvalue weighted by Gasteiger charge is 2.22. The van der Waals surface area contributed by atoms with Gasteiger partial charge in [0.05, 0.1) is 12.3 Å². The summed E-state index contributed by atoms with van der Waals surface area (Å²) in [5.74, 6) is 2.29. The average molecular weight is 383 g/mol. The maximum atomic E-state index is 12.5. The molecule has 0 fully saturated rings. The van der Waals surface area contributed by atoms with Crippen molar-refractivity contribution in [3.63, 3.8) is 0 Å². The number of ether oxygens (including phenoxy) is 3. The van der Waals surface area contributed by atoms with E-state index in [4.69, 9.17) is 14.2 Å². The number of hydrogen-bond donors (Lipinski definition) is 1. The van der Waals surface area contributed by atoms with E-state index in [0.717, 1.165) is 34.6 Å². The molecule has 2 aromatic carbocycles. The second-order valence-corrected chi connectivity index (χ2v) is 7.55. The van der Waals surface area contributed by atoms with E-state index in [0.29, 0.717) is 24.0 Å². The Morgan fingerprint density at radius 3 is 2.71 bits per heavy atom. The third-order valence-corrected chi connectivity index (χ3v) is 4.72. The Kier molecular flexibility index (Phi) is 6.12. The first-order valence-corrected chi connectivity index (χ1v) is 9.87. The van der Waals surface area contributed by atoms with Crippen LogP contribution in [0.2, 0.25) is 0 Å². The summed E-state index contributed by atoms with van der Waals surface area (Å²) >= 11 is 0. The predicted molar refractivity (Wildman–Crippen MR) is 111 cm³/mol. The van der Waals surface area contributed by atoms with Crippen molar-refractivity contribution in [2.24, 2.45) is 0 Å². The lowest BCUT2D eigenvalue weighted by atomic mass is 10.0. The van der Waals surface area contributed by atoms with Crippen LogP contribution < -0.4 is 19.5 Å². The lowest BCUT2D eigenvalue weighted by Crippen LogP contribution is -2.21. The molecule has 5 nitrogen and oxygen atoms in total. The zero-order valence-electron chi connectivity index (χ0n) is 17.3. The molecule has 2 aromatic rings. The van der Waals surface area contributed by atoms with Crippen LogP contribution in [0.4, 0.5) is 5.69 Å². The monoisotopic (exact) mass is 383 g/mol. The fraction of sp³-hybridized carbons (Fsp3) is 0.435. The number of benzene rings is 2. The minimum atomic E-state index is -0.233. The van der Waals surface area contributed by atoms with Gasteiger partial charge in [0.15, 0.2) is 6.61 Å². The molecule has 0 spiro atoms. The summed E-state index contributed by atoms with van der Waals surface area (Å²) < 4.78 is 17.4. The van der Waals surface area contributed by atoms with Crippen LogP contribution in [0.15, 0.2) is 30.3 Å². The Morgan fingerprint density at radius 1 is 1.21 bits per heavy atom. The number of fused-ring (bicyclic) bond motifs is 1. The van der Waals surface area contributed by atoms with Gasteiger partial charge in [-0.05, 0) is 49.9 Å². The van der Waals surface area contributed by atoms with Gasteiger partial charge >= 0.3 is 0 Å². The first-order chi connectivity index (χ1) is 13.4. The van der Waals surface area contributed by atoms with Gasteiger partial charge in [0.25, 0.3) is 5.91 Å². The van der Waals surface area contributed by atoms with Gasteiger partial charge in [-0.3, -0.25) is 4.79 Å². The van der Waals surface area contributed by atoms with E-state index in [1.807, 2.05) is 39.0 Å². The number of amides is 1. The third kappa shape index (κ3) is 4.58. The number of anilines is 1. The Balaban J connectivity index is 1.72. The van der Waals surface area contributed by atoms with Crippen molar-refractivity contribution >= 4 is 11.6 Å². The van der Waals surface area contributed by atoms with Crippen molar-refractivity contribution in [3.05, 3.63) is 47.0 Å². The molecule has 0 bridgehead atoms. The van der Waals surface area contributed by atoms with Crippen molar-refractivity contribution in [1.29, 1.82) is 0 Å². The maximum Gasteiger partial charge on any atom is 0.262 e. The number of rotatable bonds is 7. The molecule has 150 valence electrons. The van der Waals surface area contributed by atoms with Crippen LogP contribution in [0.3, 0.4) is 0 Å². The Labute approximate surface area is 167 Å². The molecule has 1 heterocycles. The highest BCUT2D eigenvalue weighted by molar-refractivity contribution is 5.93. The van der Waals surface area contributed by atoms with Crippen LogP contribution in [0.25, 0.3) is 0 Å². The van der Waals surface area contributed by atoms with E-state index in [-0.39, 0.29) is 18.6 Å². The number of carbonyl (C=O) groups is 1. The second-order valence-electron chi connectivity index (χ2n) is 7.55. The average Bonchev–Trinajstić information content (AvgIpc) is 2.99. The van der Waals surface area contributed by atoms with Crippen LogP contribution in [0.1, 0.15) is 50.3 Å². The minimum absolute atomic E-state index is 0.0664. The zero-order valence-corrected chi connectivity index (χ0v) is 17.3. The van der Waals surface area contributed by atoms with Crippen molar-refractivity contribution in [1.82, 2.24) is 0 Å².